The molecule has 0 atom stereocenters. The summed E-state index contributed by atoms with van der Waals surface area (Å²) in [4.78, 5) is 25.2. The Morgan fingerprint density at radius 3 is 2.67 bits per heavy atom. The first-order valence-corrected chi connectivity index (χ1v) is 10.5. The summed E-state index contributed by atoms with van der Waals surface area (Å²) >= 11 is 0. The van der Waals surface area contributed by atoms with E-state index >= 15 is 0 Å². The van der Waals surface area contributed by atoms with Gasteiger partial charge in [0.2, 0.25) is 0 Å². The Labute approximate surface area is 190 Å². The lowest BCUT2D eigenvalue weighted by Gasteiger charge is -2.10. The van der Waals surface area contributed by atoms with Crippen LogP contribution in [0.25, 0.3) is 16.7 Å². The van der Waals surface area contributed by atoms with E-state index in [9.17, 15) is 4.79 Å². The number of amides is 1. The van der Waals surface area contributed by atoms with Crippen LogP contribution in [0.5, 0.6) is 5.75 Å². The first kappa shape index (κ1) is 20.4. The number of rotatable bonds is 7. The summed E-state index contributed by atoms with van der Waals surface area (Å²) in [6.07, 6.45) is 8.70. The Bertz CT molecular complexity index is 1380. The quantitative estimate of drug-likeness (QED) is 0.412. The SMILES string of the molecule is O=C(NCc1cccnc1)c1ccc2c(c1)ncn2-c1cccc(OCc2ccncc2)c1. The molecule has 5 rings (SSSR count). The van der Waals surface area contributed by atoms with E-state index in [0.717, 1.165) is 33.6 Å². The molecule has 0 aliphatic carbocycles. The molecular weight excluding hydrogens is 414 g/mol. The molecule has 5 aromatic rings. The van der Waals surface area contributed by atoms with Crippen molar-refractivity contribution in [1.82, 2.24) is 24.8 Å². The minimum absolute atomic E-state index is 0.151. The fraction of sp³-hybridized carbons (Fsp3) is 0.0769. The van der Waals surface area contributed by atoms with E-state index in [2.05, 4.69) is 20.3 Å². The van der Waals surface area contributed by atoms with Gasteiger partial charge in [0.25, 0.3) is 5.91 Å². The molecule has 0 fully saturated rings. The highest BCUT2D eigenvalue weighted by Gasteiger charge is 2.11. The molecular formula is C26H21N5O2. The van der Waals surface area contributed by atoms with Gasteiger partial charge < -0.3 is 10.1 Å². The van der Waals surface area contributed by atoms with Crippen LogP contribution in [-0.4, -0.2) is 25.4 Å². The molecule has 0 unspecified atom stereocenters. The van der Waals surface area contributed by atoms with Gasteiger partial charge in [-0.05, 0) is 59.7 Å². The van der Waals surface area contributed by atoms with E-state index < -0.39 is 0 Å². The van der Waals surface area contributed by atoms with E-state index in [1.165, 1.54) is 0 Å². The van der Waals surface area contributed by atoms with Crippen molar-refractivity contribution in [2.45, 2.75) is 13.2 Å². The first-order chi connectivity index (χ1) is 16.3. The molecule has 7 nitrogen and oxygen atoms in total. The van der Waals surface area contributed by atoms with Gasteiger partial charge in [-0.2, -0.15) is 0 Å². The van der Waals surface area contributed by atoms with Gasteiger partial charge in [-0.15, -0.1) is 0 Å². The minimum Gasteiger partial charge on any atom is -0.489 e. The Morgan fingerprint density at radius 1 is 0.909 bits per heavy atom. The van der Waals surface area contributed by atoms with Crippen molar-refractivity contribution in [3.05, 3.63) is 115 Å². The average Bonchev–Trinajstić information content (AvgIpc) is 3.31. The highest BCUT2D eigenvalue weighted by Crippen LogP contribution is 2.23. The third-order valence-electron chi connectivity index (χ3n) is 5.24. The standard InChI is InChI=1S/C26H21N5O2/c32-26(29-16-20-3-2-10-28-15-20)21-6-7-25-24(13-21)30-18-31(25)22-4-1-5-23(14-22)33-17-19-8-11-27-12-9-19/h1-15,18H,16-17H2,(H,29,32). The van der Waals surface area contributed by atoms with Crippen LogP contribution in [0.2, 0.25) is 0 Å². The van der Waals surface area contributed by atoms with Gasteiger partial charge in [-0.1, -0.05) is 12.1 Å². The average molecular weight is 435 g/mol. The van der Waals surface area contributed by atoms with Gasteiger partial charge in [0, 0.05) is 43.0 Å². The molecule has 162 valence electrons. The molecule has 1 amide bonds. The number of aromatic nitrogens is 4. The molecule has 2 aromatic carbocycles. The molecule has 0 bridgehead atoms. The normalized spacial score (nSPS) is 10.8. The van der Waals surface area contributed by atoms with Crippen molar-refractivity contribution in [2.75, 3.05) is 0 Å². The number of carbonyl (C=O) groups excluding carboxylic acids is 1. The molecule has 7 heteroatoms. The van der Waals surface area contributed by atoms with E-state index in [1.807, 2.05) is 65.2 Å². The zero-order valence-corrected chi connectivity index (χ0v) is 17.8. The molecule has 0 saturated carbocycles. The minimum atomic E-state index is -0.151. The summed E-state index contributed by atoms with van der Waals surface area (Å²) in [6, 6.07) is 21.0. The van der Waals surface area contributed by atoms with Crippen molar-refractivity contribution in [3.8, 4) is 11.4 Å². The smallest absolute Gasteiger partial charge is 0.251 e. The van der Waals surface area contributed by atoms with Crippen molar-refractivity contribution in [2.24, 2.45) is 0 Å². The highest BCUT2D eigenvalue weighted by atomic mass is 16.5. The lowest BCUT2D eigenvalue weighted by molar-refractivity contribution is 0.0951. The van der Waals surface area contributed by atoms with Gasteiger partial charge in [0.05, 0.1) is 16.7 Å². The Balaban J connectivity index is 1.32. The second-order valence-corrected chi connectivity index (χ2v) is 7.50. The number of benzene rings is 2. The predicted octanol–water partition coefficient (Wildman–Crippen LogP) is 4.32. The van der Waals surface area contributed by atoms with E-state index in [0.29, 0.717) is 18.7 Å². The van der Waals surface area contributed by atoms with E-state index in [4.69, 9.17) is 4.74 Å². The molecule has 3 aromatic heterocycles. The van der Waals surface area contributed by atoms with Crippen LogP contribution >= 0.6 is 0 Å². The molecule has 0 spiro atoms. The Kier molecular flexibility index (Phi) is 5.75. The third-order valence-corrected chi connectivity index (χ3v) is 5.24. The van der Waals surface area contributed by atoms with E-state index in [1.54, 1.807) is 37.2 Å². The Morgan fingerprint density at radius 2 is 1.82 bits per heavy atom. The summed E-state index contributed by atoms with van der Waals surface area (Å²) in [5, 5.41) is 2.92. The summed E-state index contributed by atoms with van der Waals surface area (Å²) in [7, 11) is 0. The largest absolute Gasteiger partial charge is 0.489 e. The monoisotopic (exact) mass is 435 g/mol. The summed E-state index contributed by atoms with van der Waals surface area (Å²) in [5.74, 6) is 0.611. The first-order valence-electron chi connectivity index (χ1n) is 10.5. The third kappa shape index (κ3) is 4.72. The molecule has 3 heterocycles. The predicted molar refractivity (Wildman–Crippen MR) is 125 cm³/mol. The molecule has 33 heavy (non-hydrogen) atoms. The van der Waals surface area contributed by atoms with Crippen LogP contribution in [0.15, 0.2) is 97.8 Å². The number of hydrogen-bond donors (Lipinski definition) is 1. The van der Waals surface area contributed by atoms with Crippen molar-refractivity contribution in [1.29, 1.82) is 0 Å². The molecule has 0 saturated heterocycles. The Hall–Kier alpha value is -4.52. The maximum atomic E-state index is 12.6. The van der Waals surface area contributed by atoms with Crippen molar-refractivity contribution >= 4 is 16.9 Å². The number of ether oxygens (including phenoxy) is 1. The van der Waals surface area contributed by atoms with Gasteiger partial charge in [-0.25, -0.2) is 4.98 Å². The van der Waals surface area contributed by atoms with Crippen LogP contribution < -0.4 is 10.1 Å². The van der Waals surface area contributed by atoms with Gasteiger partial charge >= 0.3 is 0 Å². The highest BCUT2D eigenvalue weighted by molar-refractivity contribution is 5.97. The second-order valence-electron chi connectivity index (χ2n) is 7.50. The van der Waals surface area contributed by atoms with Gasteiger partial charge in [-0.3, -0.25) is 19.3 Å². The van der Waals surface area contributed by atoms with Gasteiger partial charge in [0.15, 0.2) is 0 Å². The molecule has 1 N–H and O–H groups in total. The molecule has 0 radical (unpaired) electrons. The maximum absolute atomic E-state index is 12.6. The number of fused-ring (bicyclic) bond motifs is 1. The van der Waals surface area contributed by atoms with Crippen molar-refractivity contribution < 1.29 is 9.53 Å². The number of pyridine rings is 2. The number of hydrogen-bond acceptors (Lipinski definition) is 5. The second kappa shape index (κ2) is 9.32. The summed E-state index contributed by atoms with van der Waals surface area (Å²) < 4.78 is 7.92. The molecule has 0 aliphatic heterocycles. The zero-order chi connectivity index (χ0) is 22.5. The van der Waals surface area contributed by atoms with Crippen molar-refractivity contribution in [3.63, 3.8) is 0 Å². The maximum Gasteiger partial charge on any atom is 0.251 e. The fourth-order valence-electron chi connectivity index (χ4n) is 3.52. The van der Waals surface area contributed by atoms with Crippen LogP contribution in [0.3, 0.4) is 0 Å². The fourth-order valence-corrected chi connectivity index (χ4v) is 3.52. The number of nitrogens with one attached hydrogen (secondary N) is 1. The summed E-state index contributed by atoms with van der Waals surface area (Å²) in [6.45, 7) is 0.888. The van der Waals surface area contributed by atoms with Crippen LogP contribution in [0, 0.1) is 0 Å². The number of imidazole rings is 1. The van der Waals surface area contributed by atoms with Crippen LogP contribution in [-0.2, 0) is 13.2 Å². The lowest BCUT2D eigenvalue weighted by atomic mass is 10.1. The molecule has 0 aliphatic rings. The van der Waals surface area contributed by atoms with Crippen LogP contribution in [0.4, 0.5) is 0 Å². The summed E-state index contributed by atoms with van der Waals surface area (Å²) in [5.41, 5.74) is 5.14. The van der Waals surface area contributed by atoms with E-state index in [-0.39, 0.29) is 5.91 Å². The van der Waals surface area contributed by atoms with Gasteiger partial charge in [0.1, 0.15) is 18.7 Å². The van der Waals surface area contributed by atoms with Crippen LogP contribution in [0.1, 0.15) is 21.5 Å². The number of carbonyl (C=O) groups is 1. The number of nitrogens with zero attached hydrogens (tertiary/aromatic N) is 4. The zero-order valence-electron chi connectivity index (χ0n) is 17.8. The topological polar surface area (TPSA) is 81.9 Å². The lowest BCUT2D eigenvalue weighted by Crippen LogP contribution is -2.22.